The molecule has 1 aromatic carbocycles. The quantitative estimate of drug-likeness (QED) is 0.870. The van der Waals surface area contributed by atoms with Crippen molar-refractivity contribution in [2.75, 3.05) is 31.3 Å². The first-order chi connectivity index (χ1) is 10.0. The average molecular weight is 307 g/mol. The highest BCUT2D eigenvalue weighted by molar-refractivity contribution is 7.98. The predicted octanol–water partition coefficient (Wildman–Crippen LogP) is 2.16. The van der Waals surface area contributed by atoms with E-state index in [0.29, 0.717) is 13.1 Å². The molecule has 114 valence electrons. The van der Waals surface area contributed by atoms with Crippen LogP contribution >= 0.6 is 11.8 Å². The number of hydrogen-bond acceptors (Lipinski definition) is 3. The van der Waals surface area contributed by atoms with Crippen LogP contribution in [0, 0.1) is 5.92 Å². The van der Waals surface area contributed by atoms with Crippen molar-refractivity contribution in [3.05, 3.63) is 24.3 Å². The Kier molecular flexibility index (Phi) is 5.12. The van der Waals surface area contributed by atoms with Gasteiger partial charge in [0, 0.05) is 25.0 Å². The molecule has 2 N–H and O–H groups in total. The number of hydrogen-bond donors (Lipinski definition) is 1. The van der Waals surface area contributed by atoms with Gasteiger partial charge in [0.1, 0.15) is 0 Å². The van der Waals surface area contributed by atoms with Crippen molar-refractivity contribution in [3.63, 3.8) is 0 Å². The van der Waals surface area contributed by atoms with Crippen LogP contribution in [-0.2, 0) is 4.79 Å². The van der Waals surface area contributed by atoms with Gasteiger partial charge in [-0.05, 0) is 31.2 Å². The second-order valence-corrected chi connectivity index (χ2v) is 6.05. The lowest BCUT2D eigenvalue weighted by atomic mass is 9.98. The summed E-state index contributed by atoms with van der Waals surface area (Å²) in [4.78, 5) is 28.4. The van der Waals surface area contributed by atoms with Gasteiger partial charge in [-0.3, -0.25) is 9.69 Å². The van der Waals surface area contributed by atoms with Crippen molar-refractivity contribution in [2.24, 2.45) is 11.7 Å². The van der Waals surface area contributed by atoms with Crippen LogP contribution in [0.4, 0.5) is 10.5 Å². The summed E-state index contributed by atoms with van der Waals surface area (Å²) in [6, 6.07) is 7.71. The Morgan fingerprint density at radius 3 is 2.76 bits per heavy atom. The van der Waals surface area contributed by atoms with E-state index in [2.05, 4.69) is 0 Å². The lowest BCUT2D eigenvalue weighted by molar-refractivity contribution is -0.123. The van der Waals surface area contributed by atoms with E-state index >= 15 is 0 Å². The van der Waals surface area contributed by atoms with Crippen molar-refractivity contribution in [3.8, 4) is 0 Å². The average Bonchev–Trinajstić information content (AvgIpc) is 2.53. The summed E-state index contributed by atoms with van der Waals surface area (Å²) in [7, 11) is 1.77. The minimum Gasteiger partial charge on any atom is -0.369 e. The highest BCUT2D eigenvalue weighted by atomic mass is 32.2. The number of likely N-dealkylation sites (tertiary alicyclic amines) is 1. The minimum absolute atomic E-state index is 0.0811. The molecule has 0 aliphatic carbocycles. The first kappa shape index (κ1) is 15.7. The van der Waals surface area contributed by atoms with Crippen LogP contribution in [0.25, 0.3) is 0 Å². The van der Waals surface area contributed by atoms with Crippen molar-refractivity contribution >= 4 is 29.4 Å². The highest BCUT2D eigenvalue weighted by Gasteiger charge is 2.29. The topological polar surface area (TPSA) is 66.6 Å². The van der Waals surface area contributed by atoms with Gasteiger partial charge < -0.3 is 10.6 Å². The molecule has 0 spiro atoms. The highest BCUT2D eigenvalue weighted by Crippen LogP contribution is 2.28. The van der Waals surface area contributed by atoms with Gasteiger partial charge in [0.2, 0.25) is 5.91 Å². The van der Waals surface area contributed by atoms with Gasteiger partial charge in [-0.15, -0.1) is 11.8 Å². The van der Waals surface area contributed by atoms with Crippen molar-refractivity contribution in [2.45, 2.75) is 17.7 Å². The number of para-hydroxylation sites is 1. The Morgan fingerprint density at radius 1 is 1.38 bits per heavy atom. The zero-order valence-electron chi connectivity index (χ0n) is 12.4. The van der Waals surface area contributed by atoms with E-state index in [4.69, 9.17) is 5.73 Å². The molecule has 0 radical (unpaired) electrons. The van der Waals surface area contributed by atoms with E-state index in [1.54, 1.807) is 28.6 Å². The Labute approximate surface area is 129 Å². The Balaban J connectivity index is 2.13. The molecule has 1 heterocycles. The number of anilines is 1. The van der Waals surface area contributed by atoms with Crippen LogP contribution < -0.4 is 10.6 Å². The monoisotopic (exact) mass is 307 g/mol. The molecular weight excluding hydrogens is 286 g/mol. The molecule has 21 heavy (non-hydrogen) atoms. The van der Waals surface area contributed by atoms with Crippen molar-refractivity contribution in [1.29, 1.82) is 0 Å². The molecule has 0 bridgehead atoms. The lowest BCUT2D eigenvalue weighted by Crippen LogP contribution is -2.48. The van der Waals surface area contributed by atoms with Gasteiger partial charge in [-0.1, -0.05) is 12.1 Å². The van der Waals surface area contributed by atoms with Gasteiger partial charge in [0.05, 0.1) is 11.6 Å². The molecule has 1 fully saturated rings. The zero-order chi connectivity index (χ0) is 15.4. The molecule has 2 rings (SSSR count). The fourth-order valence-electron chi connectivity index (χ4n) is 2.61. The SMILES string of the molecule is CSc1ccccc1N(C)C(=O)N1CCC[C@H](C(N)=O)C1. The number of carbonyl (C=O) groups excluding carboxylic acids is 2. The van der Waals surface area contributed by atoms with Crippen LogP contribution in [0.1, 0.15) is 12.8 Å². The van der Waals surface area contributed by atoms with Gasteiger partial charge in [-0.2, -0.15) is 0 Å². The molecule has 1 aliphatic heterocycles. The maximum Gasteiger partial charge on any atom is 0.324 e. The Bertz CT molecular complexity index is 535. The third-order valence-corrected chi connectivity index (χ3v) is 4.61. The molecule has 0 saturated carbocycles. The normalized spacial score (nSPS) is 18.4. The Hall–Kier alpha value is -1.69. The molecule has 5 nitrogen and oxygen atoms in total. The summed E-state index contributed by atoms with van der Waals surface area (Å²) >= 11 is 1.61. The van der Waals surface area contributed by atoms with Gasteiger partial charge in [0.15, 0.2) is 0 Å². The summed E-state index contributed by atoms with van der Waals surface area (Å²) in [5.74, 6) is -0.549. The van der Waals surface area contributed by atoms with Crippen LogP contribution in [0.2, 0.25) is 0 Å². The second-order valence-electron chi connectivity index (χ2n) is 5.20. The molecule has 1 saturated heterocycles. The zero-order valence-corrected chi connectivity index (χ0v) is 13.2. The number of rotatable bonds is 3. The number of piperidine rings is 1. The van der Waals surface area contributed by atoms with Crippen molar-refractivity contribution in [1.82, 2.24) is 4.90 Å². The van der Waals surface area contributed by atoms with Crippen LogP contribution in [0.3, 0.4) is 0 Å². The minimum atomic E-state index is -0.320. The summed E-state index contributed by atoms with van der Waals surface area (Å²) in [6.07, 6.45) is 3.57. The molecule has 1 atom stereocenters. The van der Waals surface area contributed by atoms with E-state index in [1.165, 1.54) is 0 Å². The molecule has 6 heteroatoms. The molecular formula is C15H21N3O2S. The number of primary amides is 1. The predicted molar refractivity (Wildman–Crippen MR) is 85.5 cm³/mol. The van der Waals surface area contributed by atoms with E-state index in [1.807, 2.05) is 30.5 Å². The summed E-state index contributed by atoms with van der Waals surface area (Å²) < 4.78 is 0. The third-order valence-electron chi connectivity index (χ3n) is 3.83. The lowest BCUT2D eigenvalue weighted by Gasteiger charge is -2.34. The fourth-order valence-corrected chi connectivity index (χ4v) is 3.23. The summed E-state index contributed by atoms with van der Waals surface area (Å²) in [6.45, 7) is 1.09. The molecule has 0 unspecified atom stereocenters. The van der Waals surface area contributed by atoms with Gasteiger partial charge in [-0.25, -0.2) is 4.79 Å². The number of nitrogens with two attached hydrogens (primary N) is 1. The van der Waals surface area contributed by atoms with Crippen LogP contribution in [0.5, 0.6) is 0 Å². The number of amides is 3. The number of thioether (sulfide) groups is 1. The molecule has 0 aromatic heterocycles. The van der Waals surface area contributed by atoms with E-state index in [9.17, 15) is 9.59 Å². The number of nitrogens with zero attached hydrogens (tertiary/aromatic N) is 2. The van der Waals surface area contributed by atoms with Gasteiger partial charge in [0.25, 0.3) is 0 Å². The standard InChI is InChI=1S/C15H21N3O2S/c1-17(12-7-3-4-8-13(12)21-2)15(20)18-9-5-6-11(10-18)14(16)19/h3-4,7-8,11H,5-6,9-10H2,1-2H3,(H2,16,19)/t11-/m0/s1. The summed E-state index contributed by atoms with van der Waals surface area (Å²) in [5.41, 5.74) is 6.25. The Morgan fingerprint density at radius 2 is 2.10 bits per heavy atom. The fraction of sp³-hybridized carbons (Fsp3) is 0.467. The van der Waals surface area contributed by atoms with E-state index in [0.717, 1.165) is 23.4 Å². The maximum absolute atomic E-state index is 12.6. The van der Waals surface area contributed by atoms with E-state index < -0.39 is 0 Å². The molecule has 1 aromatic rings. The first-order valence-electron chi connectivity index (χ1n) is 6.99. The molecule has 3 amide bonds. The van der Waals surface area contributed by atoms with Crippen molar-refractivity contribution < 1.29 is 9.59 Å². The first-order valence-corrected chi connectivity index (χ1v) is 8.22. The number of benzene rings is 1. The van der Waals surface area contributed by atoms with Crippen LogP contribution in [-0.4, -0.2) is 43.2 Å². The smallest absolute Gasteiger partial charge is 0.324 e. The van der Waals surface area contributed by atoms with E-state index in [-0.39, 0.29) is 17.9 Å². The number of urea groups is 1. The third kappa shape index (κ3) is 3.50. The number of carbonyl (C=O) groups is 2. The maximum atomic E-state index is 12.6. The molecule has 1 aliphatic rings. The van der Waals surface area contributed by atoms with Crippen LogP contribution in [0.15, 0.2) is 29.2 Å². The largest absolute Gasteiger partial charge is 0.369 e. The summed E-state index contributed by atoms with van der Waals surface area (Å²) in [5, 5.41) is 0. The van der Waals surface area contributed by atoms with Gasteiger partial charge >= 0.3 is 6.03 Å². The second kappa shape index (κ2) is 6.85.